The Morgan fingerprint density at radius 2 is 1.97 bits per heavy atom. The van der Waals surface area contributed by atoms with Crippen molar-refractivity contribution in [2.75, 3.05) is 20.3 Å². The minimum atomic E-state index is -4.22. The zero-order valence-corrected chi connectivity index (χ0v) is 22.0. The van der Waals surface area contributed by atoms with Gasteiger partial charge in [-0.15, -0.1) is 0 Å². The summed E-state index contributed by atoms with van der Waals surface area (Å²) in [6.07, 6.45) is 3.46. The highest BCUT2D eigenvalue weighted by Gasteiger charge is 2.23. The predicted molar refractivity (Wildman–Crippen MR) is 137 cm³/mol. The molecule has 9 nitrogen and oxygen atoms in total. The maximum Gasteiger partial charge on any atom is 0.328 e. The molecule has 36 heavy (non-hydrogen) atoms. The number of sulfonamides is 1. The maximum absolute atomic E-state index is 12.6. The molecular weight excluding hydrogens is 551 g/mol. The van der Waals surface area contributed by atoms with Crippen molar-refractivity contribution in [3.8, 4) is 5.75 Å². The largest absolute Gasteiger partial charge is 0.497 e. The zero-order chi connectivity index (χ0) is 25.9. The smallest absolute Gasteiger partial charge is 0.328 e. The highest BCUT2D eigenvalue weighted by Crippen LogP contribution is 2.28. The van der Waals surface area contributed by atoms with Crippen molar-refractivity contribution < 1.29 is 22.7 Å². The number of hydrogen-bond acceptors (Lipinski definition) is 6. The first-order valence-electron chi connectivity index (χ1n) is 10.6. The summed E-state index contributed by atoms with van der Waals surface area (Å²) in [7, 11) is -2.83. The van der Waals surface area contributed by atoms with Crippen LogP contribution in [0, 0.1) is 0 Å². The number of methoxy groups -OCH3 is 1. The Morgan fingerprint density at radius 3 is 2.72 bits per heavy atom. The van der Waals surface area contributed by atoms with Crippen LogP contribution in [0.2, 0.25) is 15.1 Å². The van der Waals surface area contributed by atoms with Crippen molar-refractivity contribution in [2.45, 2.75) is 18.0 Å². The SMILES string of the molecule is COc1ccc(Cl)c(S(=O)(=O)NC(=O)NCC=C2COCc3cnn(Cc4ccc(Cl)cc4Cl)c32)c1. The summed E-state index contributed by atoms with van der Waals surface area (Å²) >= 11 is 18.3. The first kappa shape index (κ1) is 26.3. The van der Waals surface area contributed by atoms with E-state index in [4.69, 9.17) is 44.3 Å². The lowest BCUT2D eigenvalue weighted by atomic mass is 10.1. The van der Waals surface area contributed by atoms with Gasteiger partial charge in [0.05, 0.1) is 43.8 Å². The standard InChI is InChI=1S/C23H21Cl3N4O5S/c1-34-18-4-5-19(25)21(9-18)36(32,33)29-23(31)27-7-6-15-12-35-13-16-10-28-30(22(15)16)11-14-2-3-17(24)8-20(14)26/h2-6,8-10H,7,11-13H2,1H3,(H2,27,29,31). The molecule has 0 radical (unpaired) electrons. The molecule has 0 aliphatic carbocycles. The molecule has 0 unspecified atom stereocenters. The third-order valence-corrected chi connectivity index (χ3v) is 7.74. The van der Waals surface area contributed by atoms with Crippen LogP contribution in [0.15, 0.2) is 53.6 Å². The maximum atomic E-state index is 12.6. The van der Waals surface area contributed by atoms with Crippen LogP contribution in [-0.4, -0.2) is 44.5 Å². The number of carbonyl (C=O) groups excluding carboxylic acids is 1. The highest BCUT2D eigenvalue weighted by atomic mass is 35.5. The summed E-state index contributed by atoms with van der Waals surface area (Å²) in [5, 5.41) is 7.99. The number of amides is 2. The molecule has 1 aliphatic rings. The average molecular weight is 572 g/mol. The number of nitrogens with zero attached hydrogens (tertiary/aromatic N) is 2. The van der Waals surface area contributed by atoms with Crippen molar-refractivity contribution in [1.29, 1.82) is 0 Å². The van der Waals surface area contributed by atoms with Crippen LogP contribution in [-0.2, 0) is 27.9 Å². The van der Waals surface area contributed by atoms with E-state index in [1.165, 1.54) is 25.3 Å². The van der Waals surface area contributed by atoms with E-state index >= 15 is 0 Å². The van der Waals surface area contributed by atoms with Crippen LogP contribution in [0.1, 0.15) is 16.8 Å². The van der Waals surface area contributed by atoms with Gasteiger partial charge in [-0.25, -0.2) is 17.9 Å². The molecule has 0 spiro atoms. The molecule has 13 heteroatoms. The lowest BCUT2D eigenvalue weighted by Crippen LogP contribution is -2.39. The number of benzene rings is 2. The van der Waals surface area contributed by atoms with Gasteiger partial charge in [0.25, 0.3) is 10.0 Å². The second kappa shape index (κ2) is 11.1. The third-order valence-electron chi connectivity index (χ3n) is 5.34. The molecule has 0 saturated heterocycles. The van der Waals surface area contributed by atoms with Crippen molar-refractivity contribution in [1.82, 2.24) is 19.8 Å². The van der Waals surface area contributed by atoms with Gasteiger partial charge < -0.3 is 14.8 Å². The number of nitrogens with one attached hydrogen (secondary N) is 2. The Balaban J connectivity index is 1.45. The molecule has 0 fully saturated rings. The predicted octanol–water partition coefficient (Wildman–Crippen LogP) is 4.50. The Hall–Kier alpha value is -2.76. The van der Waals surface area contributed by atoms with Crippen LogP contribution in [0.5, 0.6) is 5.75 Å². The van der Waals surface area contributed by atoms with E-state index in [9.17, 15) is 13.2 Å². The number of carbonyl (C=O) groups is 1. The van der Waals surface area contributed by atoms with E-state index in [1.54, 1.807) is 29.1 Å². The molecular formula is C23H21Cl3N4O5S. The van der Waals surface area contributed by atoms with Crippen LogP contribution >= 0.6 is 34.8 Å². The Morgan fingerprint density at radius 1 is 1.17 bits per heavy atom. The van der Waals surface area contributed by atoms with E-state index in [1.807, 2.05) is 10.8 Å². The average Bonchev–Trinajstić information content (AvgIpc) is 3.24. The molecule has 0 atom stereocenters. The molecule has 1 aromatic heterocycles. The molecule has 190 valence electrons. The van der Waals surface area contributed by atoms with Gasteiger partial charge in [-0.1, -0.05) is 46.9 Å². The summed E-state index contributed by atoms with van der Waals surface area (Å²) in [4.78, 5) is 12.1. The summed E-state index contributed by atoms with van der Waals surface area (Å²) in [5.41, 5.74) is 3.37. The quantitative estimate of drug-likeness (QED) is 0.432. The molecule has 1 aliphatic heterocycles. The van der Waals surface area contributed by atoms with Gasteiger partial charge in [-0.3, -0.25) is 4.68 Å². The van der Waals surface area contributed by atoms with E-state index in [0.717, 1.165) is 22.4 Å². The number of aromatic nitrogens is 2. The summed E-state index contributed by atoms with van der Waals surface area (Å²) in [6.45, 7) is 1.15. The van der Waals surface area contributed by atoms with Gasteiger partial charge >= 0.3 is 6.03 Å². The molecule has 3 aromatic rings. The fourth-order valence-corrected chi connectivity index (χ4v) is 5.54. The Kier molecular flexibility index (Phi) is 8.11. The molecule has 0 bridgehead atoms. The lowest BCUT2D eigenvalue weighted by Gasteiger charge is -2.19. The molecule has 2 amide bonds. The van der Waals surface area contributed by atoms with Gasteiger partial charge in [0.1, 0.15) is 10.6 Å². The molecule has 2 heterocycles. The lowest BCUT2D eigenvalue weighted by molar-refractivity contribution is 0.145. The fourth-order valence-electron chi connectivity index (χ4n) is 3.62. The van der Waals surface area contributed by atoms with E-state index in [0.29, 0.717) is 29.8 Å². The summed E-state index contributed by atoms with van der Waals surface area (Å²) < 4.78 is 39.6. The van der Waals surface area contributed by atoms with Crippen LogP contribution in [0.25, 0.3) is 5.57 Å². The minimum Gasteiger partial charge on any atom is -0.497 e. The van der Waals surface area contributed by atoms with Crippen molar-refractivity contribution in [3.63, 3.8) is 0 Å². The first-order chi connectivity index (χ1) is 17.2. The number of rotatable bonds is 7. The van der Waals surface area contributed by atoms with Crippen LogP contribution in [0.3, 0.4) is 0 Å². The van der Waals surface area contributed by atoms with E-state index in [2.05, 4.69) is 10.4 Å². The fraction of sp³-hybridized carbons (Fsp3) is 0.217. The van der Waals surface area contributed by atoms with Crippen LogP contribution < -0.4 is 14.8 Å². The monoisotopic (exact) mass is 570 g/mol. The zero-order valence-electron chi connectivity index (χ0n) is 18.9. The first-order valence-corrected chi connectivity index (χ1v) is 13.2. The van der Waals surface area contributed by atoms with Crippen molar-refractivity contribution in [2.24, 2.45) is 0 Å². The Bertz CT molecular complexity index is 1440. The molecule has 2 aromatic carbocycles. The van der Waals surface area contributed by atoms with Gasteiger partial charge in [0, 0.05) is 33.8 Å². The summed E-state index contributed by atoms with van der Waals surface area (Å²) in [6, 6.07) is 8.47. The van der Waals surface area contributed by atoms with Crippen molar-refractivity contribution >= 4 is 56.4 Å². The topological polar surface area (TPSA) is 112 Å². The minimum absolute atomic E-state index is 0.0399. The van der Waals surface area contributed by atoms with Crippen molar-refractivity contribution in [3.05, 3.63) is 80.6 Å². The third kappa shape index (κ3) is 5.96. The Labute approximate surface area is 223 Å². The molecule has 2 N–H and O–H groups in total. The number of urea groups is 1. The second-order valence-corrected chi connectivity index (χ2v) is 10.6. The summed E-state index contributed by atoms with van der Waals surface area (Å²) in [5.74, 6) is 0.287. The molecule has 4 rings (SSSR count). The second-order valence-electron chi connectivity index (χ2n) is 7.75. The number of fused-ring (bicyclic) bond motifs is 1. The van der Waals surface area contributed by atoms with E-state index < -0.39 is 16.1 Å². The highest BCUT2D eigenvalue weighted by molar-refractivity contribution is 7.90. The van der Waals surface area contributed by atoms with E-state index in [-0.39, 0.29) is 22.2 Å². The number of ether oxygens (including phenoxy) is 2. The number of hydrogen-bond donors (Lipinski definition) is 2. The number of halogens is 3. The van der Waals surface area contributed by atoms with Gasteiger partial charge in [-0.05, 0) is 29.8 Å². The van der Waals surface area contributed by atoms with Gasteiger partial charge in [0.15, 0.2) is 0 Å². The van der Waals surface area contributed by atoms with Crippen LogP contribution in [0.4, 0.5) is 4.79 Å². The van der Waals surface area contributed by atoms with Gasteiger partial charge in [0.2, 0.25) is 0 Å². The molecule has 0 saturated carbocycles. The van der Waals surface area contributed by atoms with Gasteiger partial charge in [-0.2, -0.15) is 5.10 Å². The normalized spacial score (nSPS) is 14.4.